The number of rotatable bonds is 7. The number of hydrogen-bond acceptors (Lipinski definition) is 6. The van der Waals surface area contributed by atoms with Crippen LogP contribution in [-0.2, 0) is 6.54 Å². The third-order valence-corrected chi connectivity index (χ3v) is 4.93. The van der Waals surface area contributed by atoms with Crippen molar-refractivity contribution in [2.75, 3.05) is 24.6 Å². The zero-order valence-electron chi connectivity index (χ0n) is 16.4. The summed E-state index contributed by atoms with van der Waals surface area (Å²) in [6, 6.07) is 15.6. The number of nitrogens with zero attached hydrogens (tertiary/aromatic N) is 3. The first-order chi connectivity index (χ1) is 14.2. The lowest BCUT2D eigenvalue weighted by molar-refractivity contribution is 0.0906. The number of carbonyl (C=O) groups is 1. The number of benzene rings is 2. The van der Waals surface area contributed by atoms with E-state index in [1.807, 2.05) is 43.3 Å². The van der Waals surface area contributed by atoms with Crippen LogP contribution in [-0.4, -0.2) is 35.7 Å². The predicted octanol–water partition coefficient (Wildman–Crippen LogP) is 3.67. The maximum absolute atomic E-state index is 12.4. The summed E-state index contributed by atoms with van der Waals surface area (Å²) in [6.07, 6.45) is 2.47. The number of amides is 1. The molecule has 1 aliphatic heterocycles. The molecule has 3 aromatic rings. The van der Waals surface area contributed by atoms with E-state index in [1.54, 1.807) is 0 Å². The first-order valence-electron chi connectivity index (χ1n) is 9.92. The molecule has 0 bridgehead atoms. The maximum atomic E-state index is 12.4. The molecule has 2 aromatic carbocycles. The molecule has 1 fully saturated rings. The summed E-state index contributed by atoms with van der Waals surface area (Å²) in [5.74, 6) is 0.679. The van der Waals surface area contributed by atoms with Crippen LogP contribution in [0.15, 0.2) is 53.1 Å². The van der Waals surface area contributed by atoms with E-state index in [9.17, 15) is 4.79 Å². The molecule has 4 rings (SSSR count). The van der Waals surface area contributed by atoms with Crippen molar-refractivity contribution in [1.29, 1.82) is 0 Å². The molecular formula is C22H24N4O3. The van der Waals surface area contributed by atoms with Crippen LogP contribution in [0.25, 0.3) is 11.4 Å². The van der Waals surface area contributed by atoms with Crippen LogP contribution < -0.4 is 15.0 Å². The molecule has 1 amide bonds. The van der Waals surface area contributed by atoms with E-state index in [4.69, 9.17) is 9.26 Å². The van der Waals surface area contributed by atoms with Crippen LogP contribution in [0, 0.1) is 0 Å². The van der Waals surface area contributed by atoms with Crippen molar-refractivity contribution in [2.45, 2.75) is 26.3 Å². The van der Waals surface area contributed by atoms with Gasteiger partial charge in [-0.2, -0.15) is 4.98 Å². The van der Waals surface area contributed by atoms with E-state index in [1.165, 1.54) is 18.5 Å². The standard InChI is InChI=1S/C22H24N4O3/c1-2-28-19-8-4-3-7-17(19)15-23-21(27)22-24-20(25-29-22)16-9-11-18(12-10-16)26-13-5-6-14-26/h3-4,7-12H,2,5-6,13-15H2,1H3,(H,23,27). The molecule has 7 nitrogen and oxygen atoms in total. The first-order valence-corrected chi connectivity index (χ1v) is 9.92. The third kappa shape index (κ3) is 4.39. The van der Waals surface area contributed by atoms with Gasteiger partial charge in [0.2, 0.25) is 5.82 Å². The molecule has 0 atom stereocenters. The van der Waals surface area contributed by atoms with Gasteiger partial charge in [-0.25, -0.2) is 0 Å². The van der Waals surface area contributed by atoms with Gasteiger partial charge in [0.15, 0.2) is 0 Å². The van der Waals surface area contributed by atoms with Crippen molar-refractivity contribution in [3.63, 3.8) is 0 Å². The molecule has 0 radical (unpaired) electrons. The first kappa shape index (κ1) is 19.0. The number of hydrogen-bond donors (Lipinski definition) is 1. The quantitative estimate of drug-likeness (QED) is 0.661. The monoisotopic (exact) mass is 392 g/mol. The normalized spacial score (nSPS) is 13.5. The molecule has 0 spiro atoms. The average Bonchev–Trinajstić information content (AvgIpc) is 3.46. The van der Waals surface area contributed by atoms with E-state index in [0.717, 1.165) is 30.0 Å². The average molecular weight is 392 g/mol. The number of para-hydroxylation sites is 1. The Labute approximate surface area is 169 Å². The summed E-state index contributed by atoms with van der Waals surface area (Å²) < 4.78 is 10.7. The fourth-order valence-corrected chi connectivity index (χ4v) is 3.43. The van der Waals surface area contributed by atoms with Gasteiger partial charge in [0.05, 0.1) is 6.61 Å². The molecule has 2 heterocycles. The van der Waals surface area contributed by atoms with Gasteiger partial charge in [-0.3, -0.25) is 4.79 Å². The van der Waals surface area contributed by atoms with Crippen molar-refractivity contribution < 1.29 is 14.1 Å². The van der Waals surface area contributed by atoms with Crippen molar-refractivity contribution >= 4 is 11.6 Å². The summed E-state index contributed by atoms with van der Waals surface area (Å²) in [4.78, 5) is 19.0. The van der Waals surface area contributed by atoms with E-state index >= 15 is 0 Å². The van der Waals surface area contributed by atoms with Gasteiger partial charge >= 0.3 is 11.8 Å². The lowest BCUT2D eigenvalue weighted by atomic mass is 10.2. The van der Waals surface area contributed by atoms with Crippen LogP contribution in [0.2, 0.25) is 0 Å². The second-order valence-corrected chi connectivity index (χ2v) is 6.89. The lowest BCUT2D eigenvalue weighted by Gasteiger charge is -2.17. The Morgan fingerprint density at radius 2 is 1.90 bits per heavy atom. The molecule has 1 aromatic heterocycles. The predicted molar refractivity (Wildman–Crippen MR) is 110 cm³/mol. The summed E-state index contributed by atoms with van der Waals surface area (Å²) >= 11 is 0. The van der Waals surface area contributed by atoms with Crippen LogP contribution in [0.1, 0.15) is 36.0 Å². The summed E-state index contributed by atoms with van der Waals surface area (Å²) in [7, 11) is 0. The molecule has 150 valence electrons. The fourth-order valence-electron chi connectivity index (χ4n) is 3.43. The highest BCUT2D eigenvalue weighted by Crippen LogP contribution is 2.24. The van der Waals surface area contributed by atoms with Gasteiger partial charge in [0, 0.05) is 36.4 Å². The van der Waals surface area contributed by atoms with E-state index in [2.05, 4.69) is 32.5 Å². The van der Waals surface area contributed by atoms with E-state index in [-0.39, 0.29) is 5.89 Å². The molecule has 29 heavy (non-hydrogen) atoms. The minimum Gasteiger partial charge on any atom is -0.494 e. The zero-order valence-corrected chi connectivity index (χ0v) is 16.4. The van der Waals surface area contributed by atoms with E-state index in [0.29, 0.717) is 19.0 Å². The van der Waals surface area contributed by atoms with Crippen LogP contribution in [0.5, 0.6) is 5.75 Å². The molecule has 7 heteroatoms. The minimum atomic E-state index is -0.413. The molecule has 1 aliphatic rings. The summed E-state index contributed by atoms with van der Waals surface area (Å²) in [6.45, 7) is 5.00. The zero-order chi connectivity index (χ0) is 20.1. The lowest BCUT2D eigenvalue weighted by Crippen LogP contribution is -2.23. The Hall–Kier alpha value is -3.35. The van der Waals surface area contributed by atoms with Crippen molar-refractivity contribution in [3.05, 3.63) is 60.0 Å². The van der Waals surface area contributed by atoms with Gasteiger partial charge in [-0.15, -0.1) is 0 Å². The van der Waals surface area contributed by atoms with Gasteiger partial charge < -0.3 is 19.5 Å². The second-order valence-electron chi connectivity index (χ2n) is 6.89. The Morgan fingerprint density at radius 3 is 2.66 bits per heavy atom. The molecule has 0 unspecified atom stereocenters. The summed E-state index contributed by atoms with van der Waals surface area (Å²) in [5.41, 5.74) is 2.90. The fraction of sp³-hybridized carbons (Fsp3) is 0.318. The number of ether oxygens (including phenoxy) is 1. The Morgan fingerprint density at radius 1 is 1.14 bits per heavy atom. The van der Waals surface area contributed by atoms with Crippen LogP contribution in [0.4, 0.5) is 5.69 Å². The topological polar surface area (TPSA) is 80.5 Å². The highest BCUT2D eigenvalue weighted by molar-refractivity contribution is 5.89. The molecule has 0 aliphatic carbocycles. The van der Waals surface area contributed by atoms with Crippen LogP contribution in [0.3, 0.4) is 0 Å². The smallest absolute Gasteiger partial charge is 0.316 e. The summed E-state index contributed by atoms with van der Waals surface area (Å²) in [5, 5.41) is 6.75. The highest BCUT2D eigenvalue weighted by Gasteiger charge is 2.17. The molecule has 1 N–H and O–H groups in total. The highest BCUT2D eigenvalue weighted by atomic mass is 16.5. The van der Waals surface area contributed by atoms with E-state index < -0.39 is 5.91 Å². The molecule has 0 saturated carbocycles. The Balaban J connectivity index is 1.40. The number of carbonyl (C=O) groups excluding carboxylic acids is 1. The van der Waals surface area contributed by atoms with Crippen molar-refractivity contribution in [1.82, 2.24) is 15.5 Å². The number of nitrogens with one attached hydrogen (secondary N) is 1. The van der Waals surface area contributed by atoms with Gasteiger partial charge in [-0.1, -0.05) is 23.4 Å². The Kier molecular flexibility index (Phi) is 5.74. The van der Waals surface area contributed by atoms with Crippen molar-refractivity contribution in [2.24, 2.45) is 0 Å². The minimum absolute atomic E-state index is 0.0579. The maximum Gasteiger partial charge on any atom is 0.316 e. The molecule has 1 saturated heterocycles. The third-order valence-electron chi connectivity index (χ3n) is 4.93. The van der Waals surface area contributed by atoms with Crippen LogP contribution >= 0.6 is 0 Å². The number of anilines is 1. The molecular weight excluding hydrogens is 368 g/mol. The van der Waals surface area contributed by atoms with Gasteiger partial charge in [0.1, 0.15) is 5.75 Å². The SMILES string of the molecule is CCOc1ccccc1CNC(=O)c1nc(-c2ccc(N3CCCC3)cc2)no1. The largest absolute Gasteiger partial charge is 0.494 e. The Bertz CT molecular complexity index is 962. The van der Waals surface area contributed by atoms with Crippen molar-refractivity contribution in [3.8, 4) is 17.1 Å². The van der Waals surface area contributed by atoms with Gasteiger partial charge in [-0.05, 0) is 50.1 Å². The van der Waals surface area contributed by atoms with Gasteiger partial charge in [0.25, 0.3) is 0 Å². The number of aromatic nitrogens is 2. The second kappa shape index (κ2) is 8.77.